The summed E-state index contributed by atoms with van der Waals surface area (Å²) in [4.78, 5) is 0. The molecule has 84 valence electrons. The summed E-state index contributed by atoms with van der Waals surface area (Å²) in [6.07, 6.45) is 2.40. The van der Waals surface area contributed by atoms with Crippen LogP contribution >= 0.6 is 0 Å². The van der Waals surface area contributed by atoms with Gasteiger partial charge in [-0.05, 0) is 31.2 Å². The summed E-state index contributed by atoms with van der Waals surface area (Å²) < 4.78 is 0. The molecule has 0 spiro atoms. The Hall–Kier alpha value is -0.820. The Balaban J connectivity index is 2.50. The second-order valence-electron chi connectivity index (χ2n) is 4.23. The minimum Gasteiger partial charge on any atom is -0.314 e. The molecule has 1 N–H and O–H groups in total. The molecule has 1 heteroatoms. The van der Waals surface area contributed by atoms with E-state index in [2.05, 4.69) is 56.4 Å². The summed E-state index contributed by atoms with van der Waals surface area (Å²) in [5.41, 5.74) is 1.45. The van der Waals surface area contributed by atoms with Gasteiger partial charge in [-0.25, -0.2) is 0 Å². The normalized spacial score (nSPS) is 14.9. The van der Waals surface area contributed by atoms with Gasteiger partial charge >= 0.3 is 0 Å². The molecule has 0 heterocycles. The van der Waals surface area contributed by atoms with Crippen molar-refractivity contribution in [2.24, 2.45) is 0 Å². The van der Waals surface area contributed by atoms with Crippen LogP contribution in [0.25, 0.3) is 0 Å². The van der Waals surface area contributed by atoms with Crippen LogP contribution in [0.5, 0.6) is 0 Å². The first-order valence-corrected chi connectivity index (χ1v) is 6.06. The molecule has 0 aliphatic carbocycles. The monoisotopic (exact) mass is 205 g/mol. The van der Waals surface area contributed by atoms with E-state index < -0.39 is 0 Å². The van der Waals surface area contributed by atoms with Crippen LogP contribution in [0.4, 0.5) is 0 Å². The summed E-state index contributed by atoms with van der Waals surface area (Å²) in [5, 5.41) is 3.58. The van der Waals surface area contributed by atoms with E-state index in [-0.39, 0.29) is 0 Å². The molecule has 1 nitrogen and oxygen atoms in total. The number of hydrogen-bond acceptors (Lipinski definition) is 1. The fourth-order valence-corrected chi connectivity index (χ4v) is 1.71. The predicted octanol–water partition coefficient (Wildman–Crippen LogP) is 3.57. The highest BCUT2D eigenvalue weighted by atomic mass is 14.9. The Bertz CT molecular complexity index is 255. The summed E-state index contributed by atoms with van der Waals surface area (Å²) in [7, 11) is 0. The van der Waals surface area contributed by atoms with Crippen molar-refractivity contribution < 1.29 is 0 Å². The van der Waals surface area contributed by atoms with Crippen LogP contribution in [-0.2, 0) is 0 Å². The molecule has 0 radical (unpaired) electrons. The largest absolute Gasteiger partial charge is 0.314 e. The minimum atomic E-state index is 0.628. The number of benzene rings is 1. The smallest absolute Gasteiger partial charge is 0.00363 e. The Labute approximate surface area is 93.9 Å². The SMILES string of the molecule is CCC(C)NCC(CC)c1ccccc1. The van der Waals surface area contributed by atoms with Crippen LogP contribution in [0.2, 0.25) is 0 Å². The summed E-state index contributed by atoms with van der Waals surface area (Å²) >= 11 is 0. The third kappa shape index (κ3) is 4.05. The van der Waals surface area contributed by atoms with Crippen molar-refractivity contribution in [1.29, 1.82) is 0 Å². The van der Waals surface area contributed by atoms with E-state index in [1.54, 1.807) is 0 Å². The summed E-state index contributed by atoms with van der Waals surface area (Å²) in [5.74, 6) is 0.653. The van der Waals surface area contributed by atoms with Crippen molar-refractivity contribution in [3.8, 4) is 0 Å². The quantitative estimate of drug-likeness (QED) is 0.748. The lowest BCUT2D eigenvalue weighted by Crippen LogP contribution is -2.29. The molecular weight excluding hydrogens is 182 g/mol. The molecule has 15 heavy (non-hydrogen) atoms. The molecule has 1 aromatic carbocycles. The molecular formula is C14H23N. The molecule has 1 aromatic rings. The topological polar surface area (TPSA) is 12.0 Å². The highest BCUT2D eigenvalue weighted by Gasteiger charge is 2.09. The van der Waals surface area contributed by atoms with Gasteiger partial charge in [-0.15, -0.1) is 0 Å². The third-order valence-electron chi connectivity index (χ3n) is 3.09. The molecule has 0 saturated carbocycles. The molecule has 0 amide bonds. The lowest BCUT2D eigenvalue weighted by atomic mass is 9.96. The Morgan fingerprint density at radius 1 is 1.07 bits per heavy atom. The number of rotatable bonds is 6. The zero-order valence-electron chi connectivity index (χ0n) is 10.2. The standard InChI is InChI=1S/C14H23N/c1-4-12(3)15-11-13(5-2)14-9-7-6-8-10-14/h6-10,12-13,15H,4-5,11H2,1-3H3. The van der Waals surface area contributed by atoms with Gasteiger partial charge in [-0.2, -0.15) is 0 Å². The van der Waals surface area contributed by atoms with Crippen molar-refractivity contribution in [3.05, 3.63) is 35.9 Å². The zero-order valence-corrected chi connectivity index (χ0v) is 10.2. The molecule has 0 aliphatic rings. The van der Waals surface area contributed by atoms with Crippen molar-refractivity contribution in [2.45, 2.75) is 45.6 Å². The molecule has 0 aromatic heterocycles. The van der Waals surface area contributed by atoms with Crippen molar-refractivity contribution in [3.63, 3.8) is 0 Å². The maximum absolute atomic E-state index is 3.58. The van der Waals surface area contributed by atoms with Gasteiger partial charge in [0.05, 0.1) is 0 Å². The maximum atomic E-state index is 3.58. The van der Waals surface area contributed by atoms with Crippen LogP contribution in [0.1, 0.15) is 45.1 Å². The number of hydrogen-bond donors (Lipinski definition) is 1. The first kappa shape index (κ1) is 12.3. The lowest BCUT2D eigenvalue weighted by Gasteiger charge is -2.19. The van der Waals surface area contributed by atoms with Gasteiger partial charge in [0.2, 0.25) is 0 Å². The lowest BCUT2D eigenvalue weighted by molar-refractivity contribution is 0.488. The maximum Gasteiger partial charge on any atom is 0.00363 e. The first-order valence-electron chi connectivity index (χ1n) is 6.06. The van der Waals surface area contributed by atoms with Crippen LogP contribution < -0.4 is 5.32 Å². The van der Waals surface area contributed by atoms with E-state index in [1.165, 1.54) is 18.4 Å². The van der Waals surface area contributed by atoms with Gasteiger partial charge in [-0.3, -0.25) is 0 Å². The van der Waals surface area contributed by atoms with Gasteiger partial charge in [0.15, 0.2) is 0 Å². The van der Waals surface area contributed by atoms with Crippen LogP contribution in [0.3, 0.4) is 0 Å². The van der Waals surface area contributed by atoms with E-state index in [0.717, 1.165) is 6.54 Å². The summed E-state index contributed by atoms with van der Waals surface area (Å²) in [6.45, 7) is 7.82. The van der Waals surface area contributed by atoms with Crippen LogP contribution in [0.15, 0.2) is 30.3 Å². The molecule has 0 aliphatic heterocycles. The van der Waals surface area contributed by atoms with Gasteiger partial charge in [0, 0.05) is 12.6 Å². The van der Waals surface area contributed by atoms with E-state index in [1.807, 2.05) is 0 Å². The highest BCUT2D eigenvalue weighted by molar-refractivity contribution is 5.19. The third-order valence-corrected chi connectivity index (χ3v) is 3.09. The highest BCUT2D eigenvalue weighted by Crippen LogP contribution is 2.18. The van der Waals surface area contributed by atoms with Crippen molar-refractivity contribution in [1.82, 2.24) is 5.32 Å². The van der Waals surface area contributed by atoms with E-state index in [4.69, 9.17) is 0 Å². The van der Waals surface area contributed by atoms with E-state index in [9.17, 15) is 0 Å². The molecule has 1 rings (SSSR count). The van der Waals surface area contributed by atoms with Crippen molar-refractivity contribution in [2.75, 3.05) is 6.54 Å². The molecule has 0 bridgehead atoms. The predicted molar refractivity (Wildman–Crippen MR) is 67.2 cm³/mol. The number of nitrogens with one attached hydrogen (secondary N) is 1. The fraction of sp³-hybridized carbons (Fsp3) is 0.571. The van der Waals surface area contributed by atoms with E-state index in [0.29, 0.717) is 12.0 Å². The van der Waals surface area contributed by atoms with Gasteiger partial charge in [0.25, 0.3) is 0 Å². The molecule has 2 unspecified atom stereocenters. The fourth-order valence-electron chi connectivity index (χ4n) is 1.71. The van der Waals surface area contributed by atoms with Gasteiger partial charge in [0.1, 0.15) is 0 Å². The summed E-state index contributed by atoms with van der Waals surface area (Å²) in [6, 6.07) is 11.4. The average Bonchev–Trinajstić information content (AvgIpc) is 2.31. The second-order valence-corrected chi connectivity index (χ2v) is 4.23. The van der Waals surface area contributed by atoms with Crippen LogP contribution in [0, 0.1) is 0 Å². The average molecular weight is 205 g/mol. The van der Waals surface area contributed by atoms with Crippen LogP contribution in [-0.4, -0.2) is 12.6 Å². The van der Waals surface area contributed by atoms with Gasteiger partial charge < -0.3 is 5.32 Å². The molecule has 0 fully saturated rings. The zero-order chi connectivity index (χ0) is 11.1. The second kappa shape index (κ2) is 6.62. The minimum absolute atomic E-state index is 0.628. The van der Waals surface area contributed by atoms with Gasteiger partial charge in [-0.1, -0.05) is 44.2 Å². The van der Waals surface area contributed by atoms with E-state index >= 15 is 0 Å². The van der Waals surface area contributed by atoms with Crippen molar-refractivity contribution >= 4 is 0 Å². The first-order chi connectivity index (χ1) is 7.27. The molecule has 2 atom stereocenters. The molecule has 0 saturated heterocycles. The Morgan fingerprint density at radius 3 is 2.27 bits per heavy atom. The Kier molecular flexibility index (Phi) is 5.41. The Morgan fingerprint density at radius 2 is 1.73 bits per heavy atom.